The molecular formula is C12H13F2N3O. The number of aromatic nitrogens is 2. The summed E-state index contributed by atoms with van der Waals surface area (Å²) in [6.07, 6.45) is 4.04. The van der Waals surface area contributed by atoms with Crippen LogP contribution in [0.25, 0.3) is 0 Å². The van der Waals surface area contributed by atoms with Crippen molar-refractivity contribution in [2.75, 3.05) is 5.73 Å². The largest absolute Gasteiger partial charge is 0.452 e. The minimum Gasteiger partial charge on any atom is -0.452 e. The molecule has 1 heterocycles. The van der Waals surface area contributed by atoms with Gasteiger partial charge in [-0.3, -0.25) is 4.68 Å². The molecule has 2 aromatic rings. The van der Waals surface area contributed by atoms with Crippen molar-refractivity contribution in [3.8, 4) is 11.5 Å². The van der Waals surface area contributed by atoms with Crippen molar-refractivity contribution in [1.29, 1.82) is 0 Å². The maximum Gasteiger partial charge on any atom is 0.165 e. The molecule has 0 saturated heterocycles. The third kappa shape index (κ3) is 2.58. The Morgan fingerprint density at radius 2 is 2.17 bits per heavy atom. The summed E-state index contributed by atoms with van der Waals surface area (Å²) >= 11 is 0. The summed E-state index contributed by atoms with van der Waals surface area (Å²) in [5, 5.41) is 4.04. The first-order valence-corrected chi connectivity index (χ1v) is 5.55. The van der Waals surface area contributed by atoms with Crippen LogP contribution in [0.3, 0.4) is 0 Å². The summed E-state index contributed by atoms with van der Waals surface area (Å²) in [6, 6.07) is 1.75. The second kappa shape index (κ2) is 5.03. The van der Waals surface area contributed by atoms with Crippen LogP contribution in [0.1, 0.15) is 13.3 Å². The highest BCUT2D eigenvalue weighted by molar-refractivity contribution is 5.54. The van der Waals surface area contributed by atoms with Crippen molar-refractivity contribution >= 4 is 5.69 Å². The number of nitrogens with two attached hydrogens (primary N) is 1. The van der Waals surface area contributed by atoms with E-state index in [0.29, 0.717) is 11.8 Å². The molecular weight excluding hydrogens is 240 g/mol. The second-order valence-corrected chi connectivity index (χ2v) is 3.84. The van der Waals surface area contributed by atoms with Crippen molar-refractivity contribution in [1.82, 2.24) is 9.78 Å². The van der Waals surface area contributed by atoms with Crippen LogP contribution in [0.4, 0.5) is 14.5 Å². The van der Waals surface area contributed by atoms with Gasteiger partial charge in [-0.1, -0.05) is 6.92 Å². The highest BCUT2D eigenvalue weighted by atomic mass is 19.1. The van der Waals surface area contributed by atoms with Gasteiger partial charge in [-0.25, -0.2) is 8.78 Å². The molecule has 0 fully saturated rings. The topological polar surface area (TPSA) is 53.1 Å². The van der Waals surface area contributed by atoms with Gasteiger partial charge in [0.1, 0.15) is 11.5 Å². The van der Waals surface area contributed by atoms with E-state index in [1.165, 1.54) is 6.20 Å². The normalized spacial score (nSPS) is 10.6. The SMILES string of the molecule is CCCn1cc(Oc2cc(F)cc(F)c2N)cn1. The average Bonchev–Trinajstić information content (AvgIpc) is 2.73. The summed E-state index contributed by atoms with van der Waals surface area (Å²) in [6.45, 7) is 2.76. The molecule has 18 heavy (non-hydrogen) atoms. The van der Waals surface area contributed by atoms with Gasteiger partial charge in [0.05, 0.1) is 12.4 Å². The highest BCUT2D eigenvalue weighted by Gasteiger charge is 2.11. The number of nitrogen functional groups attached to an aromatic ring is 1. The Kier molecular flexibility index (Phi) is 3.45. The van der Waals surface area contributed by atoms with Gasteiger partial charge in [0.2, 0.25) is 0 Å². The van der Waals surface area contributed by atoms with E-state index in [9.17, 15) is 8.78 Å². The van der Waals surface area contributed by atoms with Crippen LogP contribution >= 0.6 is 0 Å². The van der Waals surface area contributed by atoms with Crippen molar-refractivity contribution < 1.29 is 13.5 Å². The summed E-state index contributed by atoms with van der Waals surface area (Å²) in [5.74, 6) is -1.24. The van der Waals surface area contributed by atoms with Gasteiger partial charge in [-0.2, -0.15) is 5.10 Å². The third-order valence-electron chi connectivity index (χ3n) is 2.35. The molecule has 0 aliphatic rings. The molecule has 2 rings (SSSR count). The van der Waals surface area contributed by atoms with Gasteiger partial charge in [0.15, 0.2) is 17.3 Å². The molecule has 0 unspecified atom stereocenters. The number of rotatable bonds is 4. The molecule has 4 nitrogen and oxygen atoms in total. The molecule has 1 aromatic carbocycles. The molecule has 1 aromatic heterocycles. The number of hydrogen-bond acceptors (Lipinski definition) is 3. The standard InChI is InChI=1S/C12H13F2N3O/c1-2-3-17-7-9(6-16-17)18-11-5-8(13)4-10(14)12(11)15/h4-7H,2-3,15H2,1H3. The Labute approximate surface area is 103 Å². The predicted molar refractivity (Wildman–Crippen MR) is 63.4 cm³/mol. The second-order valence-electron chi connectivity index (χ2n) is 3.84. The minimum atomic E-state index is -0.842. The van der Waals surface area contributed by atoms with Gasteiger partial charge in [0.25, 0.3) is 0 Å². The third-order valence-corrected chi connectivity index (χ3v) is 2.35. The van der Waals surface area contributed by atoms with E-state index in [0.717, 1.165) is 19.0 Å². The number of anilines is 1. The molecule has 0 bridgehead atoms. The molecule has 0 aliphatic heterocycles. The van der Waals surface area contributed by atoms with Crippen molar-refractivity contribution in [3.63, 3.8) is 0 Å². The van der Waals surface area contributed by atoms with Crippen molar-refractivity contribution in [3.05, 3.63) is 36.2 Å². The van der Waals surface area contributed by atoms with E-state index < -0.39 is 11.6 Å². The molecule has 2 N–H and O–H groups in total. The lowest BCUT2D eigenvalue weighted by molar-refractivity contribution is 0.470. The van der Waals surface area contributed by atoms with Gasteiger partial charge < -0.3 is 10.5 Å². The van der Waals surface area contributed by atoms with E-state index in [2.05, 4.69) is 5.10 Å². The first-order chi connectivity index (χ1) is 8.60. The molecule has 0 amide bonds. The number of aryl methyl sites for hydroxylation is 1. The first-order valence-electron chi connectivity index (χ1n) is 5.55. The zero-order valence-corrected chi connectivity index (χ0v) is 9.86. The predicted octanol–water partition coefficient (Wildman–Crippen LogP) is 2.95. The van der Waals surface area contributed by atoms with E-state index in [4.69, 9.17) is 10.5 Å². The zero-order chi connectivity index (χ0) is 13.1. The number of nitrogens with zero attached hydrogens (tertiary/aromatic N) is 2. The zero-order valence-electron chi connectivity index (χ0n) is 9.86. The Hall–Kier alpha value is -2.11. The highest BCUT2D eigenvalue weighted by Crippen LogP contribution is 2.30. The molecule has 0 radical (unpaired) electrons. The first kappa shape index (κ1) is 12.3. The average molecular weight is 253 g/mol. The van der Waals surface area contributed by atoms with Crippen LogP contribution in [0.2, 0.25) is 0 Å². The van der Waals surface area contributed by atoms with E-state index in [1.54, 1.807) is 10.9 Å². The monoisotopic (exact) mass is 253 g/mol. The van der Waals surface area contributed by atoms with Crippen LogP contribution in [0.5, 0.6) is 11.5 Å². The molecule has 0 aliphatic carbocycles. The summed E-state index contributed by atoms with van der Waals surface area (Å²) < 4.78 is 33.2. The van der Waals surface area contributed by atoms with E-state index in [-0.39, 0.29) is 11.4 Å². The smallest absolute Gasteiger partial charge is 0.165 e. The molecule has 6 heteroatoms. The summed E-state index contributed by atoms with van der Waals surface area (Å²) in [7, 11) is 0. The molecule has 0 atom stereocenters. The number of ether oxygens (including phenoxy) is 1. The summed E-state index contributed by atoms with van der Waals surface area (Å²) in [5.41, 5.74) is 5.25. The van der Waals surface area contributed by atoms with Crippen LogP contribution in [0, 0.1) is 11.6 Å². The van der Waals surface area contributed by atoms with Crippen LogP contribution < -0.4 is 10.5 Å². The van der Waals surface area contributed by atoms with Crippen molar-refractivity contribution in [2.45, 2.75) is 19.9 Å². The van der Waals surface area contributed by atoms with Crippen LogP contribution in [-0.2, 0) is 6.54 Å². The lowest BCUT2D eigenvalue weighted by Crippen LogP contribution is -1.97. The molecule has 0 spiro atoms. The summed E-state index contributed by atoms with van der Waals surface area (Å²) in [4.78, 5) is 0. The fourth-order valence-electron chi connectivity index (χ4n) is 1.52. The quantitative estimate of drug-likeness (QED) is 0.852. The number of hydrogen-bond donors (Lipinski definition) is 1. The molecule has 96 valence electrons. The van der Waals surface area contributed by atoms with Gasteiger partial charge in [0, 0.05) is 18.7 Å². The maximum absolute atomic E-state index is 13.2. The van der Waals surface area contributed by atoms with Crippen LogP contribution in [0.15, 0.2) is 24.5 Å². The van der Waals surface area contributed by atoms with Gasteiger partial charge in [-0.05, 0) is 6.42 Å². The van der Waals surface area contributed by atoms with E-state index in [1.807, 2.05) is 6.92 Å². The lowest BCUT2D eigenvalue weighted by Gasteiger charge is -2.07. The Morgan fingerprint density at radius 3 is 2.89 bits per heavy atom. The molecule has 0 saturated carbocycles. The Bertz CT molecular complexity index is 554. The Balaban J connectivity index is 2.22. The maximum atomic E-state index is 13.2. The fourth-order valence-corrected chi connectivity index (χ4v) is 1.52. The lowest BCUT2D eigenvalue weighted by atomic mass is 10.3. The number of benzene rings is 1. The van der Waals surface area contributed by atoms with E-state index >= 15 is 0 Å². The minimum absolute atomic E-state index is 0.0523. The van der Waals surface area contributed by atoms with Crippen LogP contribution in [-0.4, -0.2) is 9.78 Å². The van der Waals surface area contributed by atoms with Gasteiger partial charge in [-0.15, -0.1) is 0 Å². The number of halogens is 2. The fraction of sp³-hybridized carbons (Fsp3) is 0.250. The van der Waals surface area contributed by atoms with Crippen molar-refractivity contribution in [2.24, 2.45) is 0 Å². The van der Waals surface area contributed by atoms with Gasteiger partial charge >= 0.3 is 0 Å². The Morgan fingerprint density at radius 1 is 1.39 bits per heavy atom.